The van der Waals surface area contributed by atoms with Crippen LogP contribution in [0.25, 0.3) is 22.5 Å². The molecule has 5 rings (SSSR count). The molecular weight excluding hydrogens is 460 g/mol. The van der Waals surface area contributed by atoms with Gasteiger partial charge in [0.15, 0.2) is 0 Å². The highest BCUT2D eigenvalue weighted by atomic mass is 16.3. The lowest BCUT2D eigenvalue weighted by Crippen LogP contribution is -2.50. The predicted octanol–water partition coefficient (Wildman–Crippen LogP) is 3.54. The third-order valence-electron chi connectivity index (χ3n) is 6.73. The first-order chi connectivity index (χ1) is 17.3. The van der Waals surface area contributed by atoms with Gasteiger partial charge in [0, 0.05) is 12.1 Å². The number of benzene rings is 2. The Balaban J connectivity index is 1.47. The van der Waals surface area contributed by atoms with Gasteiger partial charge in [-0.15, -0.1) is 10.2 Å². The van der Waals surface area contributed by atoms with Crippen LogP contribution in [0.15, 0.2) is 71.4 Å². The van der Waals surface area contributed by atoms with Gasteiger partial charge in [0.2, 0.25) is 28.9 Å². The Morgan fingerprint density at radius 2 is 1.67 bits per heavy atom. The SMILES string of the molecule is CCCCC1(C)NC2=C(C(=O)C(O)=C(O)C2=O)N1Cc1ccc(-c2ccccc2-c2nn[nH]n2)cc1. The maximum Gasteiger partial charge on any atom is 0.249 e. The molecule has 1 unspecified atom stereocenters. The molecule has 3 aromatic rings. The lowest BCUT2D eigenvalue weighted by Gasteiger charge is -2.38. The van der Waals surface area contributed by atoms with E-state index in [1.54, 1.807) is 0 Å². The van der Waals surface area contributed by atoms with Gasteiger partial charge in [0.25, 0.3) is 0 Å². The van der Waals surface area contributed by atoms with E-state index in [0.717, 1.165) is 35.1 Å². The Morgan fingerprint density at radius 3 is 2.33 bits per heavy atom. The number of aliphatic hydroxyl groups is 2. The molecule has 1 aliphatic carbocycles. The van der Waals surface area contributed by atoms with E-state index in [2.05, 4.69) is 32.9 Å². The van der Waals surface area contributed by atoms with Crippen LogP contribution in [0.2, 0.25) is 0 Å². The first-order valence-electron chi connectivity index (χ1n) is 11.8. The van der Waals surface area contributed by atoms with Crippen LogP contribution in [0.5, 0.6) is 0 Å². The molecule has 1 aromatic heterocycles. The number of carbonyl (C=O) groups is 2. The standard InChI is InChI=1S/C26H26N6O4/c1-3-4-13-26(2)27-19-20(22(34)24(36)23(35)21(19)33)32(26)14-15-9-11-16(12-10-15)17-7-5-6-8-18(17)25-28-30-31-29-25/h5-12,27,35-36H,3-4,13-14H2,1-2H3,(H,28,29,30,31). The van der Waals surface area contributed by atoms with Crippen molar-refractivity contribution in [1.82, 2.24) is 30.8 Å². The second-order valence-electron chi connectivity index (χ2n) is 9.15. The zero-order valence-electron chi connectivity index (χ0n) is 19.9. The third-order valence-corrected chi connectivity index (χ3v) is 6.73. The Kier molecular flexibility index (Phi) is 5.79. The van der Waals surface area contributed by atoms with E-state index in [0.29, 0.717) is 18.8 Å². The number of unbranched alkanes of at least 4 members (excludes halogenated alkanes) is 1. The largest absolute Gasteiger partial charge is 0.501 e. The Labute approximate surface area is 207 Å². The molecule has 36 heavy (non-hydrogen) atoms. The molecule has 0 amide bonds. The number of Topliss-reactive ketones (excluding diaryl/α,β-unsaturated/α-hetero) is 2. The summed E-state index contributed by atoms with van der Waals surface area (Å²) < 4.78 is 0. The number of nitrogens with zero attached hydrogens (tertiary/aromatic N) is 4. The molecule has 1 atom stereocenters. The van der Waals surface area contributed by atoms with Gasteiger partial charge in [-0.1, -0.05) is 61.9 Å². The summed E-state index contributed by atoms with van der Waals surface area (Å²) in [6.45, 7) is 4.31. The summed E-state index contributed by atoms with van der Waals surface area (Å²) in [6.07, 6.45) is 2.45. The number of H-pyrrole nitrogens is 1. The van der Waals surface area contributed by atoms with E-state index in [1.807, 2.05) is 60.4 Å². The zero-order chi connectivity index (χ0) is 25.4. The van der Waals surface area contributed by atoms with Crippen molar-refractivity contribution in [3.05, 3.63) is 77.0 Å². The maximum atomic E-state index is 12.9. The van der Waals surface area contributed by atoms with E-state index in [-0.39, 0.29) is 11.4 Å². The summed E-state index contributed by atoms with van der Waals surface area (Å²) in [6, 6.07) is 15.7. The third kappa shape index (κ3) is 3.80. The van der Waals surface area contributed by atoms with Crippen LogP contribution < -0.4 is 5.32 Å². The Morgan fingerprint density at radius 1 is 0.972 bits per heavy atom. The molecule has 0 bridgehead atoms. The number of aliphatic hydroxyl groups excluding tert-OH is 2. The maximum absolute atomic E-state index is 12.9. The van der Waals surface area contributed by atoms with Crippen LogP contribution in [-0.4, -0.2) is 53.0 Å². The van der Waals surface area contributed by atoms with E-state index in [9.17, 15) is 19.8 Å². The quantitative estimate of drug-likeness (QED) is 0.369. The first kappa shape index (κ1) is 23.3. The van der Waals surface area contributed by atoms with Gasteiger partial charge in [-0.05, 0) is 41.7 Å². The van der Waals surface area contributed by atoms with E-state index in [1.165, 1.54) is 0 Å². The first-order valence-corrected chi connectivity index (χ1v) is 11.8. The van der Waals surface area contributed by atoms with Gasteiger partial charge < -0.3 is 20.4 Å². The summed E-state index contributed by atoms with van der Waals surface area (Å²) in [5.41, 5.74) is 3.04. The van der Waals surface area contributed by atoms with E-state index < -0.39 is 28.7 Å². The average Bonchev–Trinajstić information content (AvgIpc) is 3.53. The molecule has 2 aliphatic rings. The number of ketones is 2. The molecular formula is C26H26N6O4. The molecule has 2 aromatic carbocycles. The number of hydrogen-bond acceptors (Lipinski definition) is 9. The number of aromatic amines is 1. The molecule has 0 saturated carbocycles. The normalized spacial score (nSPS) is 19.7. The fraction of sp³-hybridized carbons (Fsp3) is 0.269. The van der Waals surface area contributed by atoms with Crippen LogP contribution in [0.3, 0.4) is 0 Å². The van der Waals surface area contributed by atoms with Crippen LogP contribution in [-0.2, 0) is 16.1 Å². The minimum atomic E-state index is -0.921. The van der Waals surface area contributed by atoms with Crippen molar-refractivity contribution in [3.8, 4) is 22.5 Å². The van der Waals surface area contributed by atoms with Gasteiger partial charge in [-0.3, -0.25) is 9.59 Å². The van der Waals surface area contributed by atoms with Crippen LogP contribution in [0.4, 0.5) is 0 Å². The number of aromatic nitrogens is 4. The average molecular weight is 487 g/mol. The smallest absolute Gasteiger partial charge is 0.249 e. The molecule has 0 spiro atoms. The molecule has 184 valence electrons. The lowest BCUT2D eigenvalue weighted by molar-refractivity contribution is -0.121. The van der Waals surface area contributed by atoms with Crippen molar-refractivity contribution in [1.29, 1.82) is 0 Å². The molecule has 10 heteroatoms. The molecule has 0 saturated heterocycles. The van der Waals surface area contributed by atoms with Gasteiger partial charge in [-0.25, -0.2) is 0 Å². The van der Waals surface area contributed by atoms with Crippen molar-refractivity contribution in [2.24, 2.45) is 0 Å². The molecule has 0 fully saturated rings. The Bertz CT molecular complexity index is 1390. The van der Waals surface area contributed by atoms with Gasteiger partial charge in [-0.2, -0.15) is 5.21 Å². The second-order valence-corrected chi connectivity index (χ2v) is 9.15. The monoisotopic (exact) mass is 486 g/mol. The number of hydrogen-bond donors (Lipinski definition) is 4. The summed E-state index contributed by atoms with van der Waals surface area (Å²) >= 11 is 0. The second kappa shape index (κ2) is 8.95. The zero-order valence-corrected chi connectivity index (χ0v) is 19.9. The highest BCUT2D eigenvalue weighted by Gasteiger charge is 2.49. The molecule has 0 radical (unpaired) electrons. The number of rotatable bonds is 7. The van der Waals surface area contributed by atoms with Gasteiger partial charge >= 0.3 is 0 Å². The summed E-state index contributed by atoms with van der Waals surface area (Å²) in [4.78, 5) is 27.4. The van der Waals surface area contributed by atoms with Crippen LogP contribution in [0.1, 0.15) is 38.7 Å². The van der Waals surface area contributed by atoms with Crippen LogP contribution in [0, 0.1) is 0 Å². The minimum Gasteiger partial charge on any atom is -0.501 e. The summed E-state index contributed by atoms with van der Waals surface area (Å²) in [7, 11) is 0. The lowest BCUT2D eigenvalue weighted by atomic mass is 9.97. The van der Waals surface area contributed by atoms with E-state index in [4.69, 9.17) is 0 Å². The number of tetrazole rings is 1. The van der Waals surface area contributed by atoms with Crippen molar-refractivity contribution in [3.63, 3.8) is 0 Å². The van der Waals surface area contributed by atoms with E-state index >= 15 is 0 Å². The van der Waals surface area contributed by atoms with Crippen molar-refractivity contribution in [2.75, 3.05) is 0 Å². The molecule has 4 N–H and O–H groups in total. The van der Waals surface area contributed by atoms with Crippen molar-refractivity contribution >= 4 is 11.6 Å². The topological polar surface area (TPSA) is 144 Å². The predicted molar refractivity (Wildman–Crippen MR) is 131 cm³/mol. The molecule has 10 nitrogen and oxygen atoms in total. The fourth-order valence-electron chi connectivity index (χ4n) is 4.77. The van der Waals surface area contributed by atoms with Gasteiger partial charge in [0.1, 0.15) is 17.1 Å². The summed E-state index contributed by atoms with van der Waals surface area (Å²) in [5, 5.41) is 37.6. The Hall–Kier alpha value is -4.47. The highest BCUT2D eigenvalue weighted by Crippen LogP contribution is 2.39. The van der Waals surface area contributed by atoms with Gasteiger partial charge in [0.05, 0.1) is 0 Å². The van der Waals surface area contributed by atoms with Crippen LogP contribution >= 0.6 is 0 Å². The van der Waals surface area contributed by atoms with Crippen molar-refractivity contribution in [2.45, 2.75) is 45.3 Å². The minimum absolute atomic E-state index is 0.0274. The molecule has 2 heterocycles. The number of carbonyl (C=O) groups excluding carboxylic acids is 2. The number of nitrogens with one attached hydrogen (secondary N) is 2. The molecule has 1 aliphatic heterocycles. The summed E-state index contributed by atoms with van der Waals surface area (Å²) in [5.74, 6) is -2.88. The highest BCUT2D eigenvalue weighted by molar-refractivity contribution is 6.23. The van der Waals surface area contributed by atoms with Crippen molar-refractivity contribution < 1.29 is 19.8 Å². The fourth-order valence-corrected chi connectivity index (χ4v) is 4.77.